The van der Waals surface area contributed by atoms with Gasteiger partial charge in [0.2, 0.25) is 0 Å². The second-order valence-corrected chi connectivity index (χ2v) is 11.4. The van der Waals surface area contributed by atoms with Crippen LogP contribution in [0.25, 0.3) is 22.0 Å². The Bertz CT molecular complexity index is 1630. The number of aromatic nitrogens is 4. The normalized spacial score (nSPS) is 15.7. The highest BCUT2D eigenvalue weighted by Crippen LogP contribution is 2.36. The standard InChI is InChI=1S/C17H13BrN2O.C13H17BN2O2/c18-15-7-8-17(21)20(12-15)11-14-4-1-2-6-16(14)13-5-3-9-19-10-13;1-12(2)13(3,4)18-14(17-12)10-6-5-9-8-15-16-11(9)7-10/h1-10,12H,11H2;5-8H,1-4H3,(H,15,16). The average molecular weight is 585 g/mol. The molecule has 3 aromatic heterocycles. The molecule has 2 aromatic carbocycles. The van der Waals surface area contributed by atoms with Crippen LogP contribution in [0.2, 0.25) is 0 Å². The van der Waals surface area contributed by atoms with Gasteiger partial charge in [-0.15, -0.1) is 0 Å². The fourth-order valence-corrected chi connectivity index (χ4v) is 4.73. The Kier molecular flexibility index (Phi) is 7.58. The lowest BCUT2D eigenvalue weighted by atomic mass is 9.79. The van der Waals surface area contributed by atoms with E-state index in [4.69, 9.17) is 9.31 Å². The van der Waals surface area contributed by atoms with Crippen molar-refractivity contribution in [1.29, 1.82) is 0 Å². The van der Waals surface area contributed by atoms with Crippen molar-refractivity contribution in [2.75, 3.05) is 0 Å². The molecule has 0 bridgehead atoms. The molecule has 1 fully saturated rings. The number of hydrogen-bond acceptors (Lipinski definition) is 5. The monoisotopic (exact) mass is 584 g/mol. The van der Waals surface area contributed by atoms with Gasteiger partial charge in [0.05, 0.1) is 29.5 Å². The fourth-order valence-electron chi connectivity index (χ4n) is 4.35. The number of hydrogen-bond donors (Lipinski definition) is 1. The topological polar surface area (TPSA) is 82.0 Å². The fraction of sp³-hybridized carbons (Fsp3) is 0.233. The molecule has 0 spiro atoms. The highest BCUT2D eigenvalue weighted by Gasteiger charge is 2.51. The summed E-state index contributed by atoms with van der Waals surface area (Å²) in [6, 6.07) is 21.4. The maximum atomic E-state index is 12.0. The molecule has 0 amide bonds. The highest BCUT2D eigenvalue weighted by atomic mass is 79.9. The van der Waals surface area contributed by atoms with E-state index in [1.54, 1.807) is 22.9 Å². The number of halogens is 1. The zero-order valence-corrected chi connectivity index (χ0v) is 24.0. The van der Waals surface area contributed by atoms with Gasteiger partial charge in [-0.05, 0) is 78.4 Å². The van der Waals surface area contributed by atoms with Crippen LogP contribution in [0.3, 0.4) is 0 Å². The van der Waals surface area contributed by atoms with Crippen molar-refractivity contribution < 1.29 is 9.31 Å². The summed E-state index contributed by atoms with van der Waals surface area (Å²) in [6.45, 7) is 8.76. The van der Waals surface area contributed by atoms with Crippen LogP contribution in [0.4, 0.5) is 0 Å². The minimum Gasteiger partial charge on any atom is -0.399 e. The van der Waals surface area contributed by atoms with Crippen molar-refractivity contribution in [3.63, 3.8) is 0 Å². The number of pyridine rings is 2. The van der Waals surface area contributed by atoms with Gasteiger partial charge in [0.15, 0.2) is 0 Å². The molecule has 198 valence electrons. The van der Waals surface area contributed by atoms with E-state index in [1.165, 1.54) is 0 Å². The van der Waals surface area contributed by atoms with Gasteiger partial charge in [0.1, 0.15) is 0 Å². The first kappa shape index (κ1) is 27.1. The predicted octanol–water partition coefficient (Wildman–Crippen LogP) is 5.58. The molecule has 0 unspecified atom stereocenters. The van der Waals surface area contributed by atoms with Crippen molar-refractivity contribution >= 4 is 39.4 Å². The lowest BCUT2D eigenvalue weighted by molar-refractivity contribution is 0.00578. The van der Waals surface area contributed by atoms with Gasteiger partial charge in [-0.2, -0.15) is 5.10 Å². The van der Waals surface area contributed by atoms with Crippen molar-refractivity contribution in [3.8, 4) is 11.1 Å². The number of nitrogens with one attached hydrogen (secondary N) is 1. The number of fused-ring (bicyclic) bond motifs is 1. The minimum absolute atomic E-state index is 0.0146. The molecule has 6 rings (SSSR count). The second-order valence-electron chi connectivity index (χ2n) is 10.5. The smallest absolute Gasteiger partial charge is 0.399 e. The van der Waals surface area contributed by atoms with Gasteiger partial charge in [0.25, 0.3) is 5.56 Å². The Morgan fingerprint density at radius 3 is 2.46 bits per heavy atom. The Balaban J connectivity index is 0.000000160. The lowest BCUT2D eigenvalue weighted by Gasteiger charge is -2.32. The maximum absolute atomic E-state index is 12.0. The number of benzene rings is 2. The van der Waals surface area contributed by atoms with Gasteiger partial charge in [0, 0.05) is 40.1 Å². The van der Waals surface area contributed by atoms with Crippen LogP contribution in [0.5, 0.6) is 0 Å². The van der Waals surface area contributed by atoms with E-state index in [0.717, 1.165) is 37.5 Å². The summed E-state index contributed by atoms with van der Waals surface area (Å²) in [4.78, 5) is 16.1. The molecular formula is C30H30BBrN4O3. The van der Waals surface area contributed by atoms with Crippen LogP contribution in [0, 0.1) is 0 Å². The molecule has 39 heavy (non-hydrogen) atoms. The van der Waals surface area contributed by atoms with Crippen molar-refractivity contribution in [1.82, 2.24) is 19.7 Å². The summed E-state index contributed by atoms with van der Waals surface area (Å²) in [6.07, 6.45) is 7.21. The number of H-pyrrole nitrogens is 1. The summed E-state index contributed by atoms with van der Waals surface area (Å²) in [7, 11) is -0.317. The van der Waals surface area contributed by atoms with E-state index in [1.807, 2.05) is 67.1 Å². The first-order valence-corrected chi connectivity index (χ1v) is 13.6. The van der Waals surface area contributed by atoms with E-state index in [2.05, 4.69) is 64.9 Å². The highest BCUT2D eigenvalue weighted by molar-refractivity contribution is 9.10. The molecule has 0 saturated carbocycles. The quantitative estimate of drug-likeness (QED) is 0.279. The van der Waals surface area contributed by atoms with Crippen molar-refractivity contribution in [3.05, 3.63) is 112 Å². The summed E-state index contributed by atoms with van der Waals surface area (Å²) in [5.74, 6) is 0. The largest absolute Gasteiger partial charge is 0.494 e. The van der Waals surface area contributed by atoms with E-state index >= 15 is 0 Å². The molecule has 0 radical (unpaired) electrons. The molecule has 1 N–H and O–H groups in total. The van der Waals surface area contributed by atoms with Crippen LogP contribution in [0.1, 0.15) is 33.3 Å². The number of nitrogens with zero attached hydrogens (tertiary/aromatic N) is 3. The van der Waals surface area contributed by atoms with E-state index < -0.39 is 0 Å². The van der Waals surface area contributed by atoms with Crippen LogP contribution < -0.4 is 11.0 Å². The van der Waals surface area contributed by atoms with Gasteiger partial charge in [-0.25, -0.2) is 0 Å². The molecule has 5 aromatic rings. The summed E-state index contributed by atoms with van der Waals surface area (Å²) < 4.78 is 14.6. The van der Waals surface area contributed by atoms with E-state index in [-0.39, 0.29) is 23.9 Å². The molecule has 9 heteroatoms. The third-order valence-electron chi connectivity index (χ3n) is 7.27. The molecule has 0 aliphatic carbocycles. The Hall–Kier alpha value is -3.53. The summed E-state index contributed by atoms with van der Waals surface area (Å²) in [5, 5.41) is 8.08. The van der Waals surface area contributed by atoms with E-state index in [9.17, 15) is 4.79 Å². The second kappa shape index (κ2) is 10.9. The third kappa shape index (κ3) is 5.90. The molecular weight excluding hydrogens is 555 g/mol. The zero-order valence-electron chi connectivity index (χ0n) is 22.4. The molecule has 1 aliphatic heterocycles. The molecule has 7 nitrogen and oxygen atoms in total. The minimum atomic E-state index is -0.317. The van der Waals surface area contributed by atoms with Crippen LogP contribution >= 0.6 is 15.9 Å². The SMILES string of the molecule is CC1(C)OB(c2ccc3cn[nH]c3c2)OC1(C)C.O=c1ccc(Br)cn1Cc1ccccc1-c1cccnc1. The van der Waals surface area contributed by atoms with Crippen LogP contribution in [-0.2, 0) is 15.9 Å². The van der Waals surface area contributed by atoms with Crippen molar-refractivity contribution in [2.24, 2.45) is 0 Å². The van der Waals surface area contributed by atoms with E-state index in [0.29, 0.717) is 6.54 Å². The number of aromatic amines is 1. The summed E-state index contributed by atoms with van der Waals surface area (Å²) >= 11 is 3.40. The first-order valence-electron chi connectivity index (χ1n) is 12.8. The van der Waals surface area contributed by atoms with Gasteiger partial charge in [-0.3, -0.25) is 14.9 Å². The predicted molar refractivity (Wildman–Crippen MR) is 159 cm³/mol. The average Bonchev–Trinajstić information content (AvgIpc) is 3.47. The number of rotatable bonds is 4. The van der Waals surface area contributed by atoms with Gasteiger partial charge >= 0.3 is 7.12 Å². The molecule has 0 atom stereocenters. The lowest BCUT2D eigenvalue weighted by Crippen LogP contribution is -2.41. The van der Waals surface area contributed by atoms with Gasteiger partial charge < -0.3 is 13.9 Å². The Morgan fingerprint density at radius 1 is 0.949 bits per heavy atom. The molecule has 4 heterocycles. The van der Waals surface area contributed by atoms with Gasteiger partial charge in [-0.1, -0.05) is 42.5 Å². The summed E-state index contributed by atoms with van der Waals surface area (Å²) in [5.41, 5.74) is 4.63. The molecule has 1 saturated heterocycles. The zero-order chi connectivity index (χ0) is 27.6. The Morgan fingerprint density at radius 2 is 1.72 bits per heavy atom. The van der Waals surface area contributed by atoms with Crippen LogP contribution in [-0.4, -0.2) is 38.1 Å². The van der Waals surface area contributed by atoms with Crippen molar-refractivity contribution in [2.45, 2.75) is 45.4 Å². The Labute approximate surface area is 236 Å². The molecule has 1 aliphatic rings. The first-order chi connectivity index (χ1) is 18.6. The maximum Gasteiger partial charge on any atom is 0.494 e. The van der Waals surface area contributed by atoms with Crippen LogP contribution in [0.15, 0.2) is 101 Å². The third-order valence-corrected chi connectivity index (χ3v) is 7.74.